The van der Waals surface area contributed by atoms with Crippen LogP contribution in [0.15, 0.2) is 16.5 Å². The Morgan fingerprint density at radius 2 is 1.95 bits per heavy atom. The van der Waals surface area contributed by atoms with Gasteiger partial charge in [-0.25, -0.2) is 0 Å². The van der Waals surface area contributed by atoms with Gasteiger partial charge in [0.15, 0.2) is 5.76 Å². The number of carboxylic acid groups (broad SMARTS) is 1. The van der Waals surface area contributed by atoms with Crippen molar-refractivity contribution < 1.29 is 19.1 Å². The number of aryl methyl sites for hydroxylation is 1. The first kappa shape index (κ1) is 15.3. The number of carbonyl (C=O) groups excluding carboxylic acids is 1. The Morgan fingerprint density at radius 3 is 2.37 bits per heavy atom. The van der Waals surface area contributed by atoms with Crippen molar-refractivity contribution in [1.29, 1.82) is 0 Å². The molecule has 5 heteroatoms. The van der Waals surface area contributed by atoms with Gasteiger partial charge in [0.05, 0.1) is 6.42 Å². The van der Waals surface area contributed by atoms with Crippen LogP contribution in [0.4, 0.5) is 0 Å². The van der Waals surface area contributed by atoms with Gasteiger partial charge in [0.25, 0.3) is 5.91 Å². The Morgan fingerprint density at radius 1 is 1.32 bits per heavy atom. The summed E-state index contributed by atoms with van der Waals surface area (Å²) in [6.45, 7) is 7.72. The molecule has 1 heterocycles. The van der Waals surface area contributed by atoms with Gasteiger partial charge in [0, 0.05) is 18.5 Å². The summed E-state index contributed by atoms with van der Waals surface area (Å²) in [4.78, 5) is 24.6. The number of carbonyl (C=O) groups is 2. The van der Waals surface area contributed by atoms with Crippen molar-refractivity contribution in [1.82, 2.24) is 4.90 Å². The third-order valence-electron chi connectivity index (χ3n) is 2.83. The molecule has 1 N–H and O–H groups in total. The Labute approximate surface area is 113 Å². The second kappa shape index (κ2) is 5.91. The van der Waals surface area contributed by atoms with Gasteiger partial charge in [0.2, 0.25) is 0 Å². The number of nitrogens with zero attached hydrogens (tertiary/aromatic N) is 1. The molecule has 0 aliphatic heterocycles. The second-order valence-corrected chi connectivity index (χ2v) is 5.39. The fourth-order valence-corrected chi connectivity index (χ4v) is 1.76. The molecule has 0 unspecified atom stereocenters. The molecule has 0 aromatic carbocycles. The lowest BCUT2D eigenvalue weighted by Gasteiger charge is -2.34. The molecule has 0 radical (unpaired) electrons. The summed E-state index contributed by atoms with van der Waals surface area (Å²) in [6, 6.07) is 3.41. The molecule has 0 saturated heterocycles. The highest BCUT2D eigenvalue weighted by Crippen LogP contribution is 2.19. The molecule has 19 heavy (non-hydrogen) atoms. The summed E-state index contributed by atoms with van der Waals surface area (Å²) in [6.07, 6.45) is 0.641. The van der Waals surface area contributed by atoms with Crippen LogP contribution in [0.25, 0.3) is 0 Å². The zero-order chi connectivity index (χ0) is 14.6. The van der Waals surface area contributed by atoms with Crippen molar-refractivity contribution in [3.05, 3.63) is 23.7 Å². The van der Waals surface area contributed by atoms with Gasteiger partial charge in [-0.2, -0.15) is 0 Å². The van der Waals surface area contributed by atoms with Crippen molar-refractivity contribution in [3.8, 4) is 0 Å². The van der Waals surface area contributed by atoms with Crippen molar-refractivity contribution in [2.45, 2.75) is 46.1 Å². The third kappa shape index (κ3) is 4.12. The van der Waals surface area contributed by atoms with E-state index in [4.69, 9.17) is 9.52 Å². The third-order valence-corrected chi connectivity index (χ3v) is 2.83. The molecule has 1 aromatic heterocycles. The molecule has 0 saturated carbocycles. The molecule has 0 atom stereocenters. The van der Waals surface area contributed by atoms with Crippen molar-refractivity contribution >= 4 is 11.9 Å². The monoisotopic (exact) mass is 267 g/mol. The van der Waals surface area contributed by atoms with Crippen LogP contribution in [0.5, 0.6) is 0 Å². The van der Waals surface area contributed by atoms with Crippen LogP contribution in [0.3, 0.4) is 0 Å². The predicted octanol–water partition coefficient (Wildman–Crippen LogP) is 2.56. The van der Waals surface area contributed by atoms with Gasteiger partial charge in [0.1, 0.15) is 5.76 Å². The van der Waals surface area contributed by atoms with Gasteiger partial charge in [-0.05, 0) is 32.9 Å². The first-order valence-electron chi connectivity index (χ1n) is 6.38. The summed E-state index contributed by atoms with van der Waals surface area (Å²) in [5, 5.41) is 8.76. The lowest BCUT2D eigenvalue weighted by molar-refractivity contribution is -0.137. The molecule has 0 spiro atoms. The van der Waals surface area contributed by atoms with E-state index in [1.54, 1.807) is 12.1 Å². The average Bonchev–Trinajstić information content (AvgIpc) is 2.75. The number of rotatable bonds is 5. The zero-order valence-electron chi connectivity index (χ0n) is 11.9. The van der Waals surface area contributed by atoms with Gasteiger partial charge in [-0.1, -0.05) is 6.92 Å². The van der Waals surface area contributed by atoms with Gasteiger partial charge >= 0.3 is 5.97 Å². The van der Waals surface area contributed by atoms with E-state index in [1.165, 1.54) is 4.90 Å². The number of aliphatic carboxylic acids is 1. The maximum absolute atomic E-state index is 12.4. The summed E-state index contributed by atoms with van der Waals surface area (Å²) in [5.74, 6) is -0.184. The van der Waals surface area contributed by atoms with Crippen molar-refractivity contribution in [3.63, 3.8) is 0 Å². The van der Waals surface area contributed by atoms with E-state index in [2.05, 4.69) is 0 Å². The molecule has 106 valence electrons. The van der Waals surface area contributed by atoms with Gasteiger partial charge in [-0.15, -0.1) is 0 Å². The smallest absolute Gasteiger partial charge is 0.305 e. The Hall–Kier alpha value is -1.78. The normalized spacial score (nSPS) is 11.4. The molecular weight excluding hydrogens is 246 g/mol. The number of hydrogen-bond donors (Lipinski definition) is 1. The molecule has 0 bridgehead atoms. The zero-order valence-corrected chi connectivity index (χ0v) is 11.9. The van der Waals surface area contributed by atoms with E-state index in [1.807, 2.05) is 27.7 Å². The van der Waals surface area contributed by atoms with Crippen LogP contribution < -0.4 is 0 Å². The van der Waals surface area contributed by atoms with Crippen LogP contribution in [-0.2, 0) is 11.2 Å². The summed E-state index contributed by atoms with van der Waals surface area (Å²) < 4.78 is 5.44. The SMILES string of the molecule is CCc1ccc(C(=O)N(CCC(=O)O)C(C)(C)C)o1. The topological polar surface area (TPSA) is 70.8 Å². The fourth-order valence-electron chi connectivity index (χ4n) is 1.76. The van der Waals surface area contributed by atoms with Crippen molar-refractivity contribution in [2.24, 2.45) is 0 Å². The van der Waals surface area contributed by atoms with E-state index in [-0.39, 0.29) is 24.6 Å². The van der Waals surface area contributed by atoms with E-state index in [0.717, 1.165) is 12.2 Å². The summed E-state index contributed by atoms with van der Waals surface area (Å²) in [5.41, 5.74) is -0.453. The first-order chi connectivity index (χ1) is 8.75. The lowest BCUT2D eigenvalue weighted by Crippen LogP contribution is -2.46. The molecule has 1 rings (SSSR count). The maximum atomic E-state index is 12.4. The molecule has 0 aliphatic rings. The number of hydrogen-bond acceptors (Lipinski definition) is 3. The Balaban J connectivity index is 2.90. The minimum absolute atomic E-state index is 0.0790. The largest absolute Gasteiger partial charge is 0.481 e. The molecular formula is C14H21NO4. The molecule has 5 nitrogen and oxygen atoms in total. The van der Waals surface area contributed by atoms with Crippen LogP contribution >= 0.6 is 0 Å². The maximum Gasteiger partial charge on any atom is 0.305 e. The lowest BCUT2D eigenvalue weighted by atomic mass is 10.0. The standard InChI is InChI=1S/C14H21NO4/c1-5-10-6-7-11(19-10)13(18)15(14(2,3)4)9-8-12(16)17/h6-7H,5,8-9H2,1-4H3,(H,16,17). The quantitative estimate of drug-likeness (QED) is 0.890. The van der Waals surface area contributed by atoms with Gasteiger partial charge < -0.3 is 14.4 Å². The molecule has 0 aliphatic carbocycles. The highest BCUT2D eigenvalue weighted by atomic mass is 16.4. The van der Waals surface area contributed by atoms with Crippen LogP contribution in [0.1, 0.15) is 50.4 Å². The van der Waals surface area contributed by atoms with Gasteiger partial charge in [-0.3, -0.25) is 9.59 Å². The van der Waals surface area contributed by atoms with Crippen molar-refractivity contribution in [2.75, 3.05) is 6.54 Å². The van der Waals surface area contributed by atoms with Crippen LogP contribution in [0, 0.1) is 0 Å². The second-order valence-electron chi connectivity index (χ2n) is 5.39. The van der Waals surface area contributed by atoms with Crippen LogP contribution in [-0.4, -0.2) is 34.0 Å². The number of furan rings is 1. The van der Waals surface area contributed by atoms with E-state index in [0.29, 0.717) is 0 Å². The van der Waals surface area contributed by atoms with E-state index >= 15 is 0 Å². The predicted molar refractivity (Wildman–Crippen MR) is 71.1 cm³/mol. The minimum atomic E-state index is -0.921. The molecule has 1 amide bonds. The minimum Gasteiger partial charge on any atom is -0.481 e. The highest BCUT2D eigenvalue weighted by molar-refractivity contribution is 5.92. The number of amides is 1. The summed E-state index contributed by atoms with van der Waals surface area (Å²) in [7, 11) is 0. The average molecular weight is 267 g/mol. The number of carboxylic acids is 1. The highest BCUT2D eigenvalue weighted by Gasteiger charge is 2.29. The molecule has 0 fully saturated rings. The Kier molecular flexibility index (Phi) is 4.75. The van der Waals surface area contributed by atoms with E-state index in [9.17, 15) is 9.59 Å². The van der Waals surface area contributed by atoms with E-state index < -0.39 is 11.5 Å². The summed E-state index contributed by atoms with van der Waals surface area (Å²) >= 11 is 0. The Bertz CT molecular complexity index is 456. The van der Waals surface area contributed by atoms with Crippen LogP contribution in [0.2, 0.25) is 0 Å². The first-order valence-corrected chi connectivity index (χ1v) is 6.38. The molecule has 1 aromatic rings. The fraction of sp³-hybridized carbons (Fsp3) is 0.571.